The van der Waals surface area contributed by atoms with E-state index in [1.165, 1.54) is 0 Å². The summed E-state index contributed by atoms with van der Waals surface area (Å²) in [6.45, 7) is 4.58. The van der Waals surface area contributed by atoms with Crippen LogP contribution in [-0.2, 0) is 16.0 Å². The molecule has 2 amide bonds. The molecular formula is C20H21ClN2O2. The topological polar surface area (TPSA) is 49.4 Å². The zero-order valence-electron chi connectivity index (χ0n) is 14.4. The van der Waals surface area contributed by atoms with E-state index in [0.29, 0.717) is 23.6 Å². The lowest BCUT2D eigenvalue weighted by Crippen LogP contribution is -2.49. The quantitative estimate of drug-likeness (QED) is 0.819. The van der Waals surface area contributed by atoms with Crippen molar-refractivity contribution in [3.05, 3.63) is 64.2 Å². The van der Waals surface area contributed by atoms with Crippen LogP contribution in [0.3, 0.4) is 0 Å². The van der Waals surface area contributed by atoms with Gasteiger partial charge in [0, 0.05) is 29.2 Å². The average Bonchev–Trinajstić information content (AvgIpc) is 2.60. The molecule has 1 heterocycles. The molecule has 5 heteroatoms. The molecule has 1 atom stereocenters. The fourth-order valence-corrected chi connectivity index (χ4v) is 3.39. The Labute approximate surface area is 152 Å². The predicted molar refractivity (Wildman–Crippen MR) is 99.7 cm³/mol. The van der Waals surface area contributed by atoms with E-state index in [1.54, 1.807) is 17.0 Å². The molecule has 130 valence electrons. The molecule has 4 nitrogen and oxygen atoms in total. The number of anilines is 1. The van der Waals surface area contributed by atoms with Gasteiger partial charge in [0.15, 0.2) is 0 Å². The summed E-state index contributed by atoms with van der Waals surface area (Å²) >= 11 is 6.31. The molecule has 0 spiro atoms. The van der Waals surface area contributed by atoms with Gasteiger partial charge in [0.05, 0.1) is 0 Å². The number of β-lactam (4-membered cyclic amide) rings is 1. The molecule has 2 aromatic carbocycles. The Kier molecular flexibility index (Phi) is 5.09. The lowest BCUT2D eigenvalue weighted by molar-refractivity contribution is -0.147. The normalized spacial score (nSPS) is 14.8. The zero-order chi connectivity index (χ0) is 18.0. The second kappa shape index (κ2) is 7.28. The van der Waals surface area contributed by atoms with Crippen LogP contribution in [0, 0.1) is 6.92 Å². The van der Waals surface area contributed by atoms with Crippen LogP contribution >= 0.6 is 11.6 Å². The van der Waals surface area contributed by atoms with Gasteiger partial charge in [-0.2, -0.15) is 0 Å². The molecule has 1 aliphatic heterocycles. The third-order valence-electron chi connectivity index (χ3n) is 4.63. The second-order valence-corrected chi connectivity index (χ2v) is 6.62. The molecular weight excluding hydrogens is 336 g/mol. The molecule has 1 saturated heterocycles. The fraction of sp³-hybridized carbons (Fsp3) is 0.300. The summed E-state index contributed by atoms with van der Waals surface area (Å²) < 4.78 is 0. The molecule has 1 N–H and O–H groups in total. The number of nitrogens with zero attached hydrogens (tertiary/aromatic N) is 1. The summed E-state index contributed by atoms with van der Waals surface area (Å²) in [6.07, 6.45) is 1.29. The van der Waals surface area contributed by atoms with Crippen LogP contribution in [0.5, 0.6) is 0 Å². The highest BCUT2D eigenvalue weighted by Crippen LogP contribution is 2.33. The Morgan fingerprint density at radius 2 is 2.00 bits per heavy atom. The van der Waals surface area contributed by atoms with E-state index in [4.69, 9.17) is 11.6 Å². The average molecular weight is 357 g/mol. The summed E-state index contributed by atoms with van der Waals surface area (Å²) in [5.74, 6) is -0.259. The molecule has 2 aromatic rings. The molecule has 1 aliphatic rings. The number of para-hydroxylation sites is 1. The van der Waals surface area contributed by atoms with Crippen molar-refractivity contribution in [1.29, 1.82) is 0 Å². The van der Waals surface area contributed by atoms with Crippen molar-refractivity contribution in [2.24, 2.45) is 0 Å². The highest BCUT2D eigenvalue weighted by atomic mass is 35.5. The Bertz CT molecular complexity index is 819. The number of likely N-dealkylation sites (tertiary alicyclic amines) is 1. The van der Waals surface area contributed by atoms with E-state index in [-0.39, 0.29) is 11.8 Å². The molecule has 0 aromatic heterocycles. The lowest BCUT2D eigenvalue weighted by Gasteiger charge is -2.38. The smallest absolute Gasteiger partial charge is 0.251 e. The molecule has 0 bridgehead atoms. The van der Waals surface area contributed by atoms with Crippen molar-refractivity contribution in [3.63, 3.8) is 0 Å². The SMILES string of the molecule is CCc1cccc(C)c1NC(=O)[C@@H](c1ccccc1Cl)N1CCC1=O. The molecule has 0 unspecified atom stereocenters. The summed E-state index contributed by atoms with van der Waals surface area (Å²) in [7, 11) is 0. The van der Waals surface area contributed by atoms with E-state index < -0.39 is 6.04 Å². The van der Waals surface area contributed by atoms with E-state index in [2.05, 4.69) is 12.2 Å². The van der Waals surface area contributed by atoms with Crippen molar-refractivity contribution in [3.8, 4) is 0 Å². The number of benzene rings is 2. The van der Waals surface area contributed by atoms with Crippen LogP contribution in [0.15, 0.2) is 42.5 Å². The first-order valence-electron chi connectivity index (χ1n) is 8.46. The number of nitrogens with one attached hydrogen (secondary N) is 1. The van der Waals surface area contributed by atoms with Gasteiger partial charge in [-0.3, -0.25) is 9.59 Å². The third kappa shape index (κ3) is 3.40. The first-order valence-corrected chi connectivity index (χ1v) is 8.84. The van der Waals surface area contributed by atoms with Crippen LogP contribution in [0.4, 0.5) is 5.69 Å². The van der Waals surface area contributed by atoms with Crippen LogP contribution in [0.2, 0.25) is 5.02 Å². The first-order chi connectivity index (χ1) is 12.0. The molecule has 0 saturated carbocycles. The van der Waals surface area contributed by atoms with Crippen LogP contribution < -0.4 is 5.32 Å². The molecule has 1 fully saturated rings. The highest BCUT2D eigenvalue weighted by Gasteiger charge is 2.37. The monoisotopic (exact) mass is 356 g/mol. The predicted octanol–water partition coefficient (Wildman–Crippen LogP) is 4.12. The minimum atomic E-state index is -0.709. The van der Waals surface area contributed by atoms with E-state index in [9.17, 15) is 9.59 Å². The van der Waals surface area contributed by atoms with Crippen LogP contribution in [0.25, 0.3) is 0 Å². The molecule has 3 rings (SSSR count). The van der Waals surface area contributed by atoms with Crippen molar-refractivity contribution in [2.45, 2.75) is 32.7 Å². The minimum Gasteiger partial charge on any atom is -0.326 e. The zero-order valence-corrected chi connectivity index (χ0v) is 15.1. The first kappa shape index (κ1) is 17.5. The molecule has 0 aliphatic carbocycles. The van der Waals surface area contributed by atoms with Crippen molar-refractivity contribution in [2.75, 3.05) is 11.9 Å². The van der Waals surface area contributed by atoms with Gasteiger partial charge >= 0.3 is 0 Å². The van der Waals surface area contributed by atoms with E-state index in [1.807, 2.05) is 37.3 Å². The summed E-state index contributed by atoms with van der Waals surface area (Å²) in [5, 5.41) is 3.52. The van der Waals surface area contributed by atoms with Crippen molar-refractivity contribution in [1.82, 2.24) is 4.90 Å². The maximum absolute atomic E-state index is 13.1. The van der Waals surface area contributed by atoms with Gasteiger partial charge in [-0.15, -0.1) is 0 Å². The standard InChI is InChI=1S/C20H21ClN2O2/c1-3-14-8-6-7-13(2)18(14)22-20(25)19(23-12-11-17(23)24)15-9-4-5-10-16(15)21/h4-10,19H,3,11-12H2,1-2H3,(H,22,25)/t19-/m1/s1. The summed E-state index contributed by atoms with van der Waals surface area (Å²) in [6, 6.07) is 12.4. The van der Waals surface area contributed by atoms with Crippen LogP contribution in [-0.4, -0.2) is 23.3 Å². The number of rotatable bonds is 5. The number of halogens is 1. The molecule has 25 heavy (non-hydrogen) atoms. The second-order valence-electron chi connectivity index (χ2n) is 6.21. The maximum Gasteiger partial charge on any atom is 0.251 e. The summed E-state index contributed by atoms with van der Waals surface area (Å²) in [4.78, 5) is 26.7. The highest BCUT2D eigenvalue weighted by molar-refractivity contribution is 6.31. The number of carbonyl (C=O) groups is 2. The van der Waals surface area contributed by atoms with Gasteiger partial charge in [0.25, 0.3) is 5.91 Å². The third-order valence-corrected chi connectivity index (χ3v) is 4.98. The van der Waals surface area contributed by atoms with E-state index >= 15 is 0 Å². The number of aryl methyl sites for hydroxylation is 2. The molecule has 0 radical (unpaired) electrons. The Morgan fingerprint density at radius 3 is 2.60 bits per heavy atom. The Hall–Kier alpha value is -2.33. The van der Waals surface area contributed by atoms with Gasteiger partial charge < -0.3 is 10.2 Å². The number of carbonyl (C=O) groups excluding carboxylic acids is 2. The van der Waals surface area contributed by atoms with Gasteiger partial charge in [-0.25, -0.2) is 0 Å². The summed E-state index contributed by atoms with van der Waals surface area (Å²) in [5.41, 5.74) is 3.54. The van der Waals surface area contributed by atoms with Crippen LogP contribution in [0.1, 0.15) is 36.1 Å². The van der Waals surface area contributed by atoms with Gasteiger partial charge in [-0.05, 0) is 30.5 Å². The Morgan fingerprint density at radius 1 is 1.24 bits per heavy atom. The maximum atomic E-state index is 13.1. The largest absolute Gasteiger partial charge is 0.326 e. The van der Waals surface area contributed by atoms with Gasteiger partial charge in [0.1, 0.15) is 6.04 Å². The van der Waals surface area contributed by atoms with E-state index in [0.717, 1.165) is 23.2 Å². The van der Waals surface area contributed by atoms with Crippen molar-refractivity contribution < 1.29 is 9.59 Å². The minimum absolute atomic E-state index is 0.0273. The van der Waals surface area contributed by atoms with Gasteiger partial charge in [-0.1, -0.05) is 54.9 Å². The van der Waals surface area contributed by atoms with Gasteiger partial charge in [0.2, 0.25) is 5.91 Å². The number of hydrogen-bond acceptors (Lipinski definition) is 2. The number of amides is 2. The lowest BCUT2D eigenvalue weighted by atomic mass is 9.99. The Balaban J connectivity index is 1.96. The number of hydrogen-bond donors (Lipinski definition) is 1. The fourth-order valence-electron chi connectivity index (χ4n) is 3.15. The van der Waals surface area contributed by atoms with Crippen molar-refractivity contribution >= 4 is 29.1 Å².